The van der Waals surface area contributed by atoms with Gasteiger partial charge in [-0.15, -0.1) is 16.4 Å². The molecule has 0 radical (unpaired) electrons. The first-order valence-electron chi connectivity index (χ1n) is 6.61. The van der Waals surface area contributed by atoms with Gasteiger partial charge >= 0.3 is 12.1 Å². The van der Waals surface area contributed by atoms with E-state index < -0.39 is 29.6 Å². The van der Waals surface area contributed by atoms with Crippen LogP contribution in [-0.4, -0.2) is 37.8 Å². The van der Waals surface area contributed by atoms with Gasteiger partial charge in [-0.2, -0.15) is 22.8 Å². The zero-order valence-corrected chi connectivity index (χ0v) is 13.3. The number of nitrogens with two attached hydrogens (primary N) is 1. The number of methoxy groups -OCH3 is 1. The highest BCUT2D eigenvalue weighted by atomic mass is 32.1. The summed E-state index contributed by atoms with van der Waals surface area (Å²) in [6, 6.07) is 4.11. The number of halogens is 3. The van der Waals surface area contributed by atoms with Crippen molar-refractivity contribution in [1.82, 2.24) is 24.7 Å². The molecular weight excluding hydrogens is 361 g/mol. The van der Waals surface area contributed by atoms with Gasteiger partial charge in [0.1, 0.15) is 0 Å². The molecule has 0 spiro atoms. The number of alkyl halides is 3. The van der Waals surface area contributed by atoms with Crippen LogP contribution in [0.1, 0.15) is 16.3 Å². The van der Waals surface area contributed by atoms with Gasteiger partial charge in [-0.05, 0) is 17.5 Å². The van der Waals surface area contributed by atoms with Crippen LogP contribution in [0.5, 0.6) is 0 Å². The standard InChI is InChI=1S/C13H9F3N6O2S/c1-24-10(23)9-20-11(17)22(21-9)12-18-6(7-3-2-4-25-7)5-8(19-12)13(14,15)16/h2-5H,1H3,(H2,17,20,21). The minimum Gasteiger partial charge on any atom is -0.463 e. The summed E-state index contributed by atoms with van der Waals surface area (Å²) in [5.41, 5.74) is 4.49. The summed E-state index contributed by atoms with van der Waals surface area (Å²) in [5, 5.41) is 5.41. The van der Waals surface area contributed by atoms with E-state index in [1.807, 2.05) is 0 Å². The molecule has 0 bridgehead atoms. The van der Waals surface area contributed by atoms with Crippen LogP contribution in [0.2, 0.25) is 0 Å². The Morgan fingerprint density at radius 3 is 2.68 bits per heavy atom. The van der Waals surface area contributed by atoms with E-state index in [1.54, 1.807) is 17.5 Å². The normalized spacial score (nSPS) is 11.5. The van der Waals surface area contributed by atoms with Gasteiger partial charge in [0, 0.05) is 0 Å². The monoisotopic (exact) mass is 370 g/mol. The summed E-state index contributed by atoms with van der Waals surface area (Å²) in [4.78, 5) is 23.1. The summed E-state index contributed by atoms with van der Waals surface area (Å²) in [5.74, 6) is -2.12. The molecule has 0 saturated carbocycles. The van der Waals surface area contributed by atoms with Crippen molar-refractivity contribution in [2.45, 2.75) is 6.18 Å². The van der Waals surface area contributed by atoms with Crippen molar-refractivity contribution >= 4 is 23.3 Å². The van der Waals surface area contributed by atoms with Gasteiger partial charge in [-0.25, -0.2) is 14.8 Å². The van der Waals surface area contributed by atoms with Gasteiger partial charge in [0.2, 0.25) is 5.95 Å². The second-order valence-corrected chi connectivity index (χ2v) is 5.56. The first kappa shape index (κ1) is 16.8. The van der Waals surface area contributed by atoms with E-state index in [2.05, 4.69) is 24.8 Å². The second-order valence-electron chi connectivity index (χ2n) is 4.61. The number of rotatable bonds is 3. The molecule has 130 valence electrons. The highest BCUT2D eigenvalue weighted by Gasteiger charge is 2.34. The van der Waals surface area contributed by atoms with Crippen LogP contribution in [0, 0.1) is 0 Å². The fourth-order valence-electron chi connectivity index (χ4n) is 1.87. The zero-order chi connectivity index (χ0) is 18.2. The number of thiophene rings is 1. The van der Waals surface area contributed by atoms with Crippen molar-refractivity contribution in [2.75, 3.05) is 12.8 Å². The Bertz CT molecular complexity index is 922. The number of nitrogen functional groups attached to an aromatic ring is 1. The molecule has 0 amide bonds. The molecule has 0 saturated heterocycles. The van der Waals surface area contributed by atoms with Gasteiger partial charge in [-0.1, -0.05) is 6.07 Å². The fraction of sp³-hybridized carbons (Fsp3) is 0.154. The minimum atomic E-state index is -4.70. The van der Waals surface area contributed by atoms with Crippen molar-refractivity contribution in [2.24, 2.45) is 0 Å². The Kier molecular flexibility index (Phi) is 4.12. The highest BCUT2D eigenvalue weighted by molar-refractivity contribution is 7.13. The predicted molar refractivity (Wildman–Crippen MR) is 81.0 cm³/mol. The molecule has 0 unspecified atom stereocenters. The Morgan fingerprint density at radius 1 is 1.32 bits per heavy atom. The highest BCUT2D eigenvalue weighted by Crippen LogP contribution is 2.32. The molecule has 0 fully saturated rings. The van der Waals surface area contributed by atoms with Crippen molar-refractivity contribution in [3.63, 3.8) is 0 Å². The van der Waals surface area contributed by atoms with Gasteiger partial charge in [0.15, 0.2) is 5.69 Å². The van der Waals surface area contributed by atoms with Crippen LogP contribution in [-0.2, 0) is 10.9 Å². The Hall–Kier alpha value is -3.02. The first-order chi connectivity index (χ1) is 11.8. The summed E-state index contributed by atoms with van der Waals surface area (Å²) < 4.78 is 44.7. The smallest absolute Gasteiger partial charge is 0.433 e. The lowest BCUT2D eigenvalue weighted by molar-refractivity contribution is -0.141. The number of hydrogen-bond acceptors (Lipinski definition) is 8. The van der Waals surface area contributed by atoms with Crippen molar-refractivity contribution in [3.05, 3.63) is 35.1 Å². The van der Waals surface area contributed by atoms with E-state index in [9.17, 15) is 18.0 Å². The van der Waals surface area contributed by atoms with Gasteiger partial charge in [0.05, 0.1) is 17.7 Å². The average Bonchev–Trinajstić information content (AvgIpc) is 3.22. The largest absolute Gasteiger partial charge is 0.463 e. The third kappa shape index (κ3) is 3.28. The fourth-order valence-corrected chi connectivity index (χ4v) is 2.56. The van der Waals surface area contributed by atoms with Crippen LogP contribution >= 0.6 is 11.3 Å². The van der Waals surface area contributed by atoms with E-state index in [1.165, 1.54) is 11.3 Å². The molecule has 3 aromatic heterocycles. The maximum absolute atomic E-state index is 13.2. The minimum absolute atomic E-state index is 0.0434. The Labute approximate surface area is 142 Å². The van der Waals surface area contributed by atoms with Crippen molar-refractivity contribution in [1.29, 1.82) is 0 Å². The topological polar surface area (TPSA) is 109 Å². The van der Waals surface area contributed by atoms with Crippen LogP contribution < -0.4 is 5.73 Å². The molecule has 0 aliphatic rings. The maximum Gasteiger partial charge on any atom is 0.433 e. The van der Waals surface area contributed by atoms with Crippen molar-refractivity contribution < 1.29 is 22.7 Å². The molecule has 12 heteroatoms. The molecule has 0 aromatic carbocycles. The molecule has 2 N–H and O–H groups in total. The lowest BCUT2D eigenvalue weighted by atomic mass is 10.3. The number of carbonyl (C=O) groups excluding carboxylic acids is 1. The van der Waals surface area contributed by atoms with E-state index in [-0.39, 0.29) is 11.6 Å². The number of ether oxygens (including phenoxy) is 1. The average molecular weight is 370 g/mol. The van der Waals surface area contributed by atoms with E-state index in [0.717, 1.165) is 17.9 Å². The third-order valence-corrected chi connectivity index (χ3v) is 3.86. The predicted octanol–water partition coefficient (Wildman–Crippen LogP) is 2.17. The van der Waals surface area contributed by atoms with Crippen LogP contribution in [0.3, 0.4) is 0 Å². The SMILES string of the molecule is COC(=O)c1nc(N)n(-c2nc(-c3cccs3)cc(C(F)(F)F)n2)n1. The summed E-state index contributed by atoms with van der Waals surface area (Å²) >= 11 is 1.21. The number of aromatic nitrogens is 5. The number of esters is 1. The molecule has 0 aliphatic heterocycles. The van der Waals surface area contributed by atoms with E-state index in [4.69, 9.17) is 5.73 Å². The molecule has 3 heterocycles. The lowest BCUT2D eigenvalue weighted by Crippen LogP contribution is -2.14. The molecule has 3 aromatic rings. The van der Waals surface area contributed by atoms with Gasteiger partial charge < -0.3 is 10.5 Å². The number of carbonyl (C=O) groups is 1. The van der Waals surface area contributed by atoms with Crippen LogP contribution in [0.25, 0.3) is 16.5 Å². The first-order valence-corrected chi connectivity index (χ1v) is 7.49. The number of anilines is 1. The van der Waals surface area contributed by atoms with Crippen molar-refractivity contribution in [3.8, 4) is 16.5 Å². The molecule has 0 atom stereocenters. The van der Waals surface area contributed by atoms with E-state index >= 15 is 0 Å². The van der Waals surface area contributed by atoms with Crippen LogP contribution in [0.4, 0.5) is 19.1 Å². The molecule has 3 rings (SSSR count). The lowest BCUT2D eigenvalue weighted by Gasteiger charge is -2.10. The number of nitrogens with zero attached hydrogens (tertiary/aromatic N) is 5. The second kappa shape index (κ2) is 6.12. The number of hydrogen-bond donors (Lipinski definition) is 1. The summed E-state index contributed by atoms with van der Waals surface area (Å²) in [6.07, 6.45) is -4.70. The summed E-state index contributed by atoms with van der Waals surface area (Å²) in [6.45, 7) is 0. The molecule has 8 nitrogen and oxygen atoms in total. The third-order valence-electron chi connectivity index (χ3n) is 2.97. The molecule has 0 aliphatic carbocycles. The van der Waals surface area contributed by atoms with E-state index in [0.29, 0.717) is 4.88 Å². The van der Waals surface area contributed by atoms with Gasteiger partial charge in [0.25, 0.3) is 11.8 Å². The zero-order valence-electron chi connectivity index (χ0n) is 12.5. The van der Waals surface area contributed by atoms with Gasteiger partial charge in [-0.3, -0.25) is 0 Å². The van der Waals surface area contributed by atoms with Crippen LogP contribution in [0.15, 0.2) is 23.6 Å². The molecule has 25 heavy (non-hydrogen) atoms. The summed E-state index contributed by atoms with van der Waals surface area (Å²) in [7, 11) is 1.11. The molecular formula is C13H9F3N6O2S. The maximum atomic E-state index is 13.2. The quantitative estimate of drug-likeness (QED) is 0.704. The Balaban J connectivity index is 2.17. The Morgan fingerprint density at radius 2 is 2.08 bits per heavy atom.